The fraction of sp³-hybridized carbons (Fsp3) is 0.276. The summed E-state index contributed by atoms with van der Waals surface area (Å²) in [6, 6.07) is 21.6. The third-order valence-corrected chi connectivity index (χ3v) is 7.16. The lowest BCUT2D eigenvalue weighted by Gasteiger charge is -2.41. The highest BCUT2D eigenvalue weighted by Crippen LogP contribution is 2.28. The van der Waals surface area contributed by atoms with E-state index in [9.17, 15) is 19.5 Å². The maximum atomic E-state index is 13.8. The Morgan fingerprint density at radius 2 is 1.53 bits per heavy atom. The Hall–Kier alpha value is -3.55. The van der Waals surface area contributed by atoms with Gasteiger partial charge in [0.1, 0.15) is 12.6 Å². The van der Waals surface area contributed by atoms with E-state index in [0.29, 0.717) is 31.0 Å². The second-order valence-electron chi connectivity index (χ2n) is 9.14. The third-order valence-electron chi connectivity index (χ3n) is 6.61. The largest absolute Gasteiger partial charge is 0.480 e. The van der Waals surface area contributed by atoms with Crippen LogP contribution in [-0.2, 0) is 22.6 Å². The lowest BCUT2D eigenvalue weighted by atomic mass is 9.96. The fourth-order valence-electron chi connectivity index (χ4n) is 4.64. The lowest BCUT2D eigenvalue weighted by Crippen LogP contribution is -2.55. The number of carboxylic acid groups (broad SMARTS) is 1. The molecule has 0 saturated carbocycles. The Balaban J connectivity index is 1.53. The molecule has 0 aromatic heterocycles. The molecule has 2 amide bonds. The number of ether oxygens (including phenoxy) is 1. The van der Waals surface area contributed by atoms with E-state index in [4.69, 9.17) is 27.9 Å². The summed E-state index contributed by atoms with van der Waals surface area (Å²) in [4.78, 5) is 42.0. The van der Waals surface area contributed by atoms with Crippen LogP contribution in [0.4, 0.5) is 4.79 Å². The zero-order valence-corrected chi connectivity index (χ0v) is 22.1. The van der Waals surface area contributed by atoms with Crippen molar-refractivity contribution in [3.05, 3.63) is 106 Å². The van der Waals surface area contributed by atoms with Gasteiger partial charge in [-0.15, -0.1) is 0 Å². The van der Waals surface area contributed by atoms with Crippen molar-refractivity contribution in [2.24, 2.45) is 0 Å². The second kappa shape index (κ2) is 12.8. The van der Waals surface area contributed by atoms with E-state index >= 15 is 0 Å². The number of benzene rings is 3. The summed E-state index contributed by atoms with van der Waals surface area (Å²) in [6.07, 6.45) is 0.489. The number of hydrogen-bond acceptors (Lipinski definition) is 4. The number of carbonyl (C=O) groups excluding carboxylic acids is 2. The van der Waals surface area contributed by atoms with Crippen molar-refractivity contribution in [3.8, 4) is 0 Å². The maximum absolute atomic E-state index is 13.8. The Bertz CT molecular complexity index is 1260. The van der Waals surface area contributed by atoms with E-state index in [1.807, 2.05) is 60.7 Å². The van der Waals surface area contributed by atoms with E-state index < -0.39 is 30.1 Å². The molecule has 0 radical (unpaired) electrons. The van der Waals surface area contributed by atoms with Crippen LogP contribution in [-0.4, -0.2) is 58.0 Å². The van der Waals surface area contributed by atoms with Crippen LogP contribution in [0.15, 0.2) is 78.9 Å². The molecule has 1 fully saturated rings. The molecule has 198 valence electrons. The quantitative estimate of drug-likeness (QED) is 0.372. The lowest BCUT2D eigenvalue weighted by molar-refractivity contribution is -0.143. The first-order chi connectivity index (χ1) is 18.3. The maximum Gasteiger partial charge on any atom is 0.410 e. The minimum absolute atomic E-state index is 0.131. The van der Waals surface area contributed by atoms with Gasteiger partial charge in [0.15, 0.2) is 0 Å². The number of rotatable bonds is 8. The van der Waals surface area contributed by atoms with E-state index in [-0.39, 0.29) is 23.6 Å². The van der Waals surface area contributed by atoms with E-state index in [1.165, 1.54) is 17.0 Å². The van der Waals surface area contributed by atoms with Gasteiger partial charge < -0.3 is 19.6 Å². The van der Waals surface area contributed by atoms with Crippen molar-refractivity contribution in [2.75, 3.05) is 13.1 Å². The van der Waals surface area contributed by atoms with Gasteiger partial charge in [0.25, 0.3) is 5.91 Å². The van der Waals surface area contributed by atoms with E-state index in [2.05, 4.69) is 0 Å². The van der Waals surface area contributed by atoms with Crippen molar-refractivity contribution in [1.82, 2.24) is 9.80 Å². The van der Waals surface area contributed by atoms with Crippen LogP contribution in [0.25, 0.3) is 0 Å². The molecule has 0 aliphatic carbocycles. The van der Waals surface area contributed by atoms with Crippen molar-refractivity contribution < 1.29 is 24.2 Å². The van der Waals surface area contributed by atoms with Crippen LogP contribution in [0.2, 0.25) is 10.0 Å². The molecule has 1 heterocycles. The summed E-state index contributed by atoms with van der Waals surface area (Å²) >= 11 is 12.4. The first kappa shape index (κ1) is 27.5. The van der Waals surface area contributed by atoms with Gasteiger partial charge in [0.2, 0.25) is 0 Å². The first-order valence-corrected chi connectivity index (χ1v) is 13.1. The monoisotopic (exact) mass is 554 g/mol. The summed E-state index contributed by atoms with van der Waals surface area (Å²) in [5.74, 6) is -1.60. The van der Waals surface area contributed by atoms with E-state index in [0.717, 1.165) is 11.1 Å². The number of halogens is 2. The molecule has 9 heteroatoms. The normalized spacial score (nSPS) is 14.5. The van der Waals surface area contributed by atoms with Crippen molar-refractivity contribution in [2.45, 2.75) is 38.0 Å². The topological polar surface area (TPSA) is 87.2 Å². The van der Waals surface area contributed by atoms with Crippen LogP contribution in [0.3, 0.4) is 0 Å². The SMILES string of the molecule is O=C(O)[C@H](Cc1ccccc1)N(C(=O)c1ccc(Cl)cc1Cl)C1CCN(C(=O)OCc2ccccc2)CC1. The molecule has 0 unspecified atom stereocenters. The molecule has 3 aromatic rings. The predicted octanol–water partition coefficient (Wildman–Crippen LogP) is 5.93. The zero-order valence-electron chi connectivity index (χ0n) is 20.6. The summed E-state index contributed by atoms with van der Waals surface area (Å²) in [5.41, 5.74) is 1.86. The van der Waals surface area contributed by atoms with Gasteiger partial charge in [0, 0.05) is 30.6 Å². The van der Waals surface area contributed by atoms with Crippen molar-refractivity contribution in [1.29, 1.82) is 0 Å². The number of amides is 2. The number of nitrogens with zero attached hydrogens (tertiary/aromatic N) is 2. The van der Waals surface area contributed by atoms with Crippen LogP contribution in [0.5, 0.6) is 0 Å². The number of likely N-dealkylation sites (tertiary alicyclic amines) is 1. The average Bonchev–Trinajstić information content (AvgIpc) is 2.92. The van der Waals surface area contributed by atoms with Crippen molar-refractivity contribution >= 4 is 41.2 Å². The smallest absolute Gasteiger partial charge is 0.410 e. The van der Waals surface area contributed by atoms with Crippen LogP contribution in [0, 0.1) is 0 Å². The van der Waals surface area contributed by atoms with Gasteiger partial charge in [-0.2, -0.15) is 0 Å². The Morgan fingerprint density at radius 1 is 0.921 bits per heavy atom. The van der Waals surface area contributed by atoms with Crippen LogP contribution in [0.1, 0.15) is 34.3 Å². The molecule has 1 aliphatic rings. The number of hydrogen-bond donors (Lipinski definition) is 1. The summed E-state index contributed by atoms with van der Waals surface area (Å²) < 4.78 is 5.45. The van der Waals surface area contributed by atoms with E-state index in [1.54, 1.807) is 11.0 Å². The van der Waals surface area contributed by atoms with Crippen LogP contribution < -0.4 is 0 Å². The number of piperidine rings is 1. The molecule has 7 nitrogen and oxygen atoms in total. The number of carboxylic acids is 1. The van der Waals surface area contributed by atoms with Gasteiger partial charge in [0.05, 0.1) is 10.6 Å². The Labute approximate surface area is 231 Å². The molecule has 1 atom stereocenters. The molecule has 3 aromatic carbocycles. The average molecular weight is 555 g/mol. The highest BCUT2D eigenvalue weighted by atomic mass is 35.5. The number of carbonyl (C=O) groups is 3. The molecule has 4 rings (SSSR count). The van der Waals surface area contributed by atoms with Gasteiger partial charge in [-0.05, 0) is 42.2 Å². The minimum atomic E-state index is -1.13. The molecular formula is C29H28Cl2N2O5. The van der Waals surface area contributed by atoms with Gasteiger partial charge in [-0.1, -0.05) is 83.9 Å². The zero-order chi connectivity index (χ0) is 27.1. The Kier molecular flexibility index (Phi) is 9.26. The third kappa shape index (κ3) is 6.85. The fourth-order valence-corrected chi connectivity index (χ4v) is 5.13. The molecule has 38 heavy (non-hydrogen) atoms. The summed E-state index contributed by atoms with van der Waals surface area (Å²) in [7, 11) is 0. The highest BCUT2D eigenvalue weighted by Gasteiger charge is 2.38. The predicted molar refractivity (Wildman–Crippen MR) is 145 cm³/mol. The Morgan fingerprint density at radius 3 is 2.11 bits per heavy atom. The van der Waals surface area contributed by atoms with Gasteiger partial charge >= 0.3 is 12.1 Å². The molecule has 1 saturated heterocycles. The molecule has 0 bridgehead atoms. The van der Waals surface area contributed by atoms with Crippen molar-refractivity contribution in [3.63, 3.8) is 0 Å². The standard InChI is InChI=1S/C29H28Cl2N2O5/c30-22-11-12-24(25(31)18-22)27(34)33(26(28(35)36)17-20-7-3-1-4-8-20)23-13-15-32(16-14-23)29(37)38-19-21-9-5-2-6-10-21/h1-12,18,23,26H,13-17,19H2,(H,35,36)/t26-/m0/s1. The molecular weight excluding hydrogens is 527 g/mol. The molecule has 0 spiro atoms. The molecule has 1 N–H and O–H groups in total. The summed E-state index contributed by atoms with van der Waals surface area (Å²) in [5, 5.41) is 10.8. The highest BCUT2D eigenvalue weighted by molar-refractivity contribution is 6.36. The minimum Gasteiger partial charge on any atom is -0.480 e. The second-order valence-corrected chi connectivity index (χ2v) is 9.98. The van der Waals surface area contributed by atoms with Gasteiger partial charge in [-0.25, -0.2) is 9.59 Å². The number of aliphatic carboxylic acids is 1. The summed E-state index contributed by atoms with van der Waals surface area (Å²) in [6.45, 7) is 0.819. The first-order valence-electron chi connectivity index (χ1n) is 12.3. The van der Waals surface area contributed by atoms with Gasteiger partial charge in [-0.3, -0.25) is 4.79 Å². The van der Waals surface area contributed by atoms with Crippen LogP contribution >= 0.6 is 23.2 Å². The molecule has 1 aliphatic heterocycles.